The van der Waals surface area contributed by atoms with Gasteiger partial charge in [-0.05, 0) is 52.6 Å². The van der Waals surface area contributed by atoms with Crippen LogP contribution in [0.15, 0.2) is 93.9 Å². The molecule has 0 fully saturated rings. The number of hydrogen-bond acceptors (Lipinski definition) is 1. The summed E-state index contributed by atoms with van der Waals surface area (Å²) in [5.74, 6) is 0. The summed E-state index contributed by atoms with van der Waals surface area (Å²) in [6, 6.07) is 30.3. The van der Waals surface area contributed by atoms with Gasteiger partial charge in [0.2, 0.25) is 0 Å². The van der Waals surface area contributed by atoms with Gasteiger partial charge in [-0.1, -0.05) is 100 Å². The lowest BCUT2D eigenvalue weighted by Crippen LogP contribution is -2.14. The maximum Gasteiger partial charge on any atom is 0.0366 e. The smallest absolute Gasteiger partial charge is 0.0366 e. The Kier molecular flexibility index (Phi) is 5.09. The Morgan fingerprint density at radius 2 is 1.23 bits per heavy atom. The highest BCUT2D eigenvalue weighted by molar-refractivity contribution is 9.10. The Morgan fingerprint density at radius 3 is 2.10 bits per heavy atom. The molecule has 0 nitrogen and oxygen atoms in total. The van der Waals surface area contributed by atoms with Crippen molar-refractivity contribution in [2.24, 2.45) is 0 Å². The first-order valence-electron chi connectivity index (χ1n) is 9.92. The van der Waals surface area contributed by atoms with Crippen LogP contribution >= 0.6 is 43.2 Å². The Labute approximate surface area is 197 Å². The largest absolute Gasteiger partial charge is 0.135 e. The predicted molar refractivity (Wildman–Crippen MR) is 139 cm³/mol. The maximum atomic E-state index is 3.56. The van der Waals surface area contributed by atoms with E-state index in [2.05, 4.69) is 131 Å². The van der Waals surface area contributed by atoms with Crippen molar-refractivity contribution in [3.63, 3.8) is 0 Å². The van der Waals surface area contributed by atoms with Gasteiger partial charge in [-0.2, -0.15) is 0 Å². The second-order valence-corrected chi connectivity index (χ2v) is 11.0. The standard InChI is InChI=1S/C15H13Br.C12H7BrS/c1-15(2)13-6-4-3-5-11(13)12-8-7-10(16)9-14(12)15;13-8-5-6-10-9-3-1-2-4-11(9)14-12(10)7-8/h3-9H,1-2H3;1-7H. The lowest BCUT2D eigenvalue weighted by molar-refractivity contribution is 0.660. The lowest BCUT2D eigenvalue weighted by atomic mass is 9.82. The summed E-state index contributed by atoms with van der Waals surface area (Å²) in [6.07, 6.45) is 0. The van der Waals surface area contributed by atoms with Crippen LogP contribution in [-0.4, -0.2) is 0 Å². The minimum absolute atomic E-state index is 0.121. The van der Waals surface area contributed by atoms with E-state index in [9.17, 15) is 0 Å². The van der Waals surface area contributed by atoms with Crippen molar-refractivity contribution in [1.29, 1.82) is 0 Å². The van der Waals surface area contributed by atoms with Crippen LogP contribution in [0, 0.1) is 0 Å². The third-order valence-electron chi connectivity index (χ3n) is 5.89. The Hall–Kier alpha value is -1.94. The molecule has 30 heavy (non-hydrogen) atoms. The van der Waals surface area contributed by atoms with Crippen LogP contribution in [0.3, 0.4) is 0 Å². The zero-order valence-corrected chi connectivity index (χ0v) is 20.7. The number of benzene rings is 4. The van der Waals surface area contributed by atoms with Gasteiger partial charge in [0.1, 0.15) is 0 Å². The van der Waals surface area contributed by atoms with Crippen LogP contribution in [-0.2, 0) is 5.41 Å². The van der Waals surface area contributed by atoms with Gasteiger partial charge in [-0.3, -0.25) is 0 Å². The minimum Gasteiger partial charge on any atom is -0.135 e. The summed E-state index contributed by atoms with van der Waals surface area (Å²) < 4.78 is 5.02. The van der Waals surface area contributed by atoms with Crippen LogP contribution in [0.2, 0.25) is 0 Å². The predicted octanol–water partition coefficient (Wildman–Crippen LogP) is 9.57. The zero-order valence-electron chi connectivity index (χ0n) is 16.7. The molecule has 0 saturated carbocycles. The fraction of sp³-hybridized carbons (Fsp3) is 0.111. The van der Waals surface area contributed by atoms with E-state index in [1.807, 2.05) is 11.3 Å². The van der Waals surface area contributed by atoms with E-state index in [-0.39, 0.29) is 5.41 Å². The molecule has 6 rings (SSSR count). The highest BCUT2D eigenvalue weighted by Crippen LogP contribution is 2.49. The molecule has 0 amide bonds. The van der Waals surface area contributed by atoms with E-state index in [0.717, 1.165) is 8.95 Å². The van der Waals surface area contributed by atoms with Crippen molar-refractivity contribution in [2.75, 3.05) is 0 Å². The summed E-state index contributed by atoms with van der Waals surface area (Å²) in [7, 11) is 0. The first kappa shape index (κ1) is 20.0. The Morgan fingerprint density at radius 1 is 0.600 bits per heavy atom. The molecule has 0 unspecified atom stereocenters. The van der Waals surface area contributed by atoms with Crippen molar-refractivity contribution in [1.82, 2.24) is 0 Å². The van der Waals surface area contributed by atoms with E-state index >= 15 is 0 Å². The second kappa shape index (κ2) is 7.64. The fourth-order valence-electron chi connectivity index (χ4n) is 4.38. The van der Waals surface area contributed by atoms with Gasteiger partial charge in [-0.15, -0.1) is 11.3 Å². The average molecular weight is 536 g/mol. The van der Waals surface area contributed by atoms with Gasteiger partial charge in [0.25, 0.3) is 0 Å². The minimum atomic E-state index is 0.121. The zero-order chi connectivity index (χ0) is 20.9. The molecule has 4 aromatic carbocycles. The Bertz CT molecular complexity index is 1390. The normalized spacial score (nSPS) is 13.6. The van der Waals surface area contributed by atoms with E-state index in [0.29, 0.717) is 0 Å². The van der Waals surface area contributed by atoms with Crippen molar-refractivity contribution in [3.8, 4) is 11.1 Å². The van der Waals surface area contributed by atoms with E-state index in [4.69, 9.17) is 0 Å². The number of fused-ring (bicyclic) bond motifs is 6. The molecule has 5 aromatic rings. The Balaban J connectivity index is 0.000000130. The average Bonchev–Trinajstić information content (AvgIpc) is 3.21. The van der Waals surface area contributed by atoms with Crippen molar-refractivity contribution >= 4 is 63.4 Å². The molecule has 0 atom stereocenters. The van der Waals surface area contributed by atoms with E-state index in [1.165, 1.54) is 42.4 Å². The van der Waals surface area contributed by atoms with Crippen molar-refractivity contribution < 1.29 is 0 Å². The third-order valence-corrected chi connectivity index (χ3v) is 8.01. The van der Waals surface area contributed by atoms with Gasteiger partial charge < -0.3 is 0 Å². The van der Waals surface area contributed by atoms with Crippen molar-refractivity contribution in [3.05, 3.63) is 105 Å². The maximum absolute atomic E-state index is 3.56. The molecule has 148 valence electrons. The van der Waals surface area contributed by atoms with Gasteiger partial charge in [0.15, 0.2) is 0 Å². The van der Waals surface area contributed by atoms with Gasteiger partial charge in [-0.25, -0.2) is 0 Å². The van der Waals surface area contributed by atoms with Gasteiger partial charge >= 0.3 is 0 Å². The molecule has 0 aliphatic heterocycles. The molecule has 0 saturated heterocycles. The lowest BCUT2D eigenvalue weighted by Gasteiger charge is -2.21. The van der Waals surface area contributed by atoms with Crippen LogP contribution < -0.4 is 0 Å². The molecule has 0 bridgehead atoms. The van der Waals surface area contributed by atoms with Gasteiger partial charge in [0.05, 0.1) is 0 Å². The molecular weight excluding hydrogens is 516 g/mol. The topological polar surface area (TPSA) is 0 Å². The highest BCUT2D eigenvalue weighted by atomic mass is 79.9. The summed E-state index contributed by atoms with van der Waals surface area (Å²) in [4.78, 5) is 0. The van der Waals surface area contributed by atoms with Crippen LogP contribution in [0.25, 0.3) is 31.3 Å². The highest BCUT2D eigenvalue weighted by Gasteiger charge is 2.34. The van der Waals surface area contributed by atoms with Gasteiger partial charge in [0, 0.05) is 34.5 Å². The fourth-order valence-corrected chi connectivity index (χ4v) is 6.40. The summed E-state index contributed by atoms with van der Waals surface area (Å²) in [5.41, 5.74) is 5.74. The molecule has 1 aliphatic rings. The summed E-state index contributed by atoms with van der Waals surface area (Å²) in [5, 5.41) is 2.72. The number of halogens is 2. The van der Waals surface area contributed by atoms with Crippen LogP contribution in [0.5, 0.6) is 0 Å². The molecule has 3 heteroatoms. The van der Waals surface area contributed by atoms with Crippen LogP contribution in [0.1, 0.15) is 25.0 Å². The number of rotatable bonds is 0. The molecule has 1 aromatic heterocycles. The molecule has 0 radical (unpaired) electrons. The second-order valence-electron chi connectivity index (χ2n) is 8.10. The quantitative estimate of drug-likeness (QED) is 0.185. The monoisotopic (exact) mass is 534 g/mol. The first-order chi connectivity index (χ1) is 14.4. The van der Waals surface area contributed by atoms with Crippen LogP contribution in [0.4, 0.5) is 0 Å². The first-order valence-corrected chi connectivity index (χ1v) is 12.3. The summed E-state index contributed by atoms with van der Waals surface area (Å²) >= 11 is 8.90. The van der Waals surface area contributed by atoms with E-state index < -0.39 is 0 Å². The molecular formula is C27H20Br2S. The SMILES string of the molecule is Brc1ccc2c(c1)sc1ccccc12.CC1(C)c2ccccc2-c2ccc(Br)cc21. The number of hydrogen-bond donors (Lipinski definition) is 0. The molecule has 1 aliphatic carbocycles. The molecule has 0 N–H and O–H groups in total. The third kappa shape index (κ3) is 3.33. The molecule has 1 heterocycles. The summed E-state index contributed by atoms with van der Waals surface area (Å²) in [6.45, 7) is 4.59. The number of thiophene rings is 1. The van der Waals surface area contributed by atoms with Crippen molar-refractivity contribution in [2.45, 2.75) is 19.3 Å². The molecule has 0 spiro atoms. The van der Waals surface area contributed by atoms with E-state index in [1.54, 1.807) is 0 Å².